The van der Waals surface area contributed by atoms with Crippen LogP contribution in [0.2, 0.25) is 0 Å². The molecule has 2 atom stereocenters. The maximum atomic E-state index is 12.7. The monoisotopic (exact) mass is 362 g/mol. The molecule has 2 aliphatic carbocycles. The highest BCUT2D eigenvalue weighted by Gasteiger charge is 2.52. The van der Waals surface area contributed by atoms with Crippen molar-refractivity contribution in [3.8, 4) is 0 Å². The number of amides is 4. The standard InChI is InChI=1S/C19H30N4O3/c24-16(13-22-11-8-14-6-2-3-7-15(14)12-22)21-23-17(25)19(20-18(23)26)9-4-1-5-10-19/h14-15H,1-13H2,(H,20,26)(H,21,24)/t14-,15-/m0/s1. The second-order valence-corrected chi connectivity index (χ2v) is 8.58. The van der Waals surface area contributed by atoms with Crippen LogP contribution in [0.3, 0.4) is 0 Å². The van der Waals surface area contributed by atoms with Crippen molar-refractivity contribution in [3.05, 3.63) is 0 Å². The van der Waals surface area contributed by atoms with E-state index in [0.717, 1.165) is 49.7 Å². The third kappa shape index (κ3) is 3.33. The van der Waals surface area contributed by atoms with Crippen molar-refractivity contribution in [2.75, 3.05) is 19.6 Å². The lowest BCUT2D eigenvalue weighted by Gasteiger charge is -2.41. The molecular weight excluding hydrogens is 332 g/mol. The van der Waals surface area contributed by atoms with Gasteiger partial charge < -0.3 is 5.32 Å². The number of hydrazine groups is 1. The van der Waals surface area contributed by atoms with E-state index in [9.17, 15) is 14.4 Å². The number of piperidine rings is 1. The Bertz CT molecular complexity index is 587. The van der Waals surface area contributed by atoms with Gasteiger partial charge in [-0.1, -0.05) is 38.5 Å². The molecule has 2 aliphatic heterocycles. The number of hydrogen-bond donors (Lipinski definition) is 2. The van der Waals surface area contributed by atoms with E-state index in [0.29, 0.717) is 18.8 Å². The van der Waals surface area contributed by atoms with Crippen LogP contribution in [0.5, 0.6) is 0 Å². The number of urea groups is 1. The molecular formula is C19H30N4O3. The van der Waals surface area contributed by atoms with Crippen LogP contribution < -0.4 is 10.7 Å². The number of carbonyl (C=O) groups is 3. The van der Waals surface area contributed by atoms with E-state index in [1.807, 2.05) is 0 Å². The molecule has 2 saturated heterocycles. The second kappa shape index (κ2) is 7.18. The Morgan fingerprint density at radius 3 is 2.54 bits per heavy atom. The van der Waals surface area contributed by atoms with Crippen LogP contribution in [0.15, 0.2) is 0 Å². The molecule has 0 bridgehead atoms. The maximum Gasteiger partial charge on any atom is 0.344 e. The Morgan fingerprint density at radius 2 is 1.77 bits per heavy atom. The number of rotatable bonds is 3. The summed E-state index contributed by atoms with van der Waals surface area (Å²) in [5.41, 5.74) is 1.77. The lowest BCUT2D eigenvalue weighted by atomic mass is 9.75. The predicted molar refractivity (Wildman–Crippen MR) is 95.8 cm³/mol. The smallest absolute Gasteiger partial charge is 0.322 e. The SMILES string of the molecule is O=C(CN1CC[C@@H]2CCCC[C@H]2C1)NN1C(=O)NC2(CCCCC2)C1=O. The Kier molecular flexibility index (Phi) is 4.90. The molecule has 0 aromatic rings. The third-order valence-electron chi connectivity index (χ3n) is 6.85. The van der Waals surface area contributed by atoms with Crippen LogP contribution in [-0.2, 0) is 9.59 Å². The fraction of sp³-hybridized carbons (Fsp3) is 0.842. The van der Waals surface area contributed by atoms with Gasteiger partial charge >= 0.3 is 6.03 Å². The number of carbonyl (C=O) groups excluding carboxylic acids is 3. The largest absolute Gasteiger partial charge is 0.344 e. The van der Waals surface area contributed by atoms with Crippen molar-refractivity contribution >= 4 is 17.8 Å². The van der Waals surface area contributed by atoms with E-state index < -0.39 is 11.6 Å². The number of fused-ring (bicyclic) bond motifs is 1. The number of likely N-dealkylation sites (tertiary alicyclic amines) is 1. The Morgan fingerprint density at radius 1 is 1.04 bits per heavy atom. The van der Waals surface area contributed by atoms with Crippen molar-refractivity contribution in [2.45, 2.75) is 69.7 Å². The van der Waals surface area contributed by atoms with Crippen molar-refractivity contribution < 1.29 is 14.4 Å². The first kappa shape index (κ1) is 17.8. The lowest BCUT2D eigenvalue weighted by Crippen LogP contribution is -2.53. The average molecular weight is 362 g/mol. The normalized spacial score (nSPS) is 31.6. The van der Waals surface area contributed by atoms with Gasteiger partial charge in [-0.2, -0.15) is 5.01 Å². The van der Waals surface area contributed by atoms with Crippen LogP contribution in [-0.4, -0.2) is 52.9 Å². The van der Waals surface area contributed by atoms with Crippen LogP contribution in [0.1, 0.15) is 64.2 Å². The molecule has 26 heavy (non-hydrogen) atoms. The quantitative estimate of drug-likeness (QED) is 0.750. The molecule has 4 fully saturated rings. The van der Waals surface area contributed by atoms with E-state index >= 15 is 0 Å². The number of imide groups is 1. The second-order valence-electron chi connectivity index (χ2n) is 8.58. The Labute approximate surface area is 154 Å². The van der Waals surface area contributed by atoms with E-state index in [-0.39, 0.29) is 18.4 Å². The van der Waals surface area contributed by atoms with Gasteiger partial charge in [0.2, 0.25) is 0 Å². The van der Waals surface area contributed by atoms with Gasteiger partial charge in [0.05, 0.1) is 6.54 Å². The van der Waals surface area contributed by atoms with Crippen molar-refractivity contribution in [1.29, 1.82) is 0 Å². The summed E-state index contributed by atoms with van der Waals surface area (Å²) in [4.78, 5) is 39.6. The highest BCUT2D eigenvalue weighted by Crippen LogP contribution is 2.36. The maximum absolute atomic E-state index is 12.7. The van der Waals surface area contributed by atoms with E-state index in [4.69, 9.17) is 0 Å². The van der Waals surface area contributed by atoms with Crippen LogP contribution in [0.25, 0.3) is 0 Å². The summed E-state index contributed by atoms with van der Waals surface area (Å²) in [5, 5.41) is 3.74. The van der Waals surface area contributed by atoms with Crippen molar-refractivity contribution in [2.24, 2.45) is 11.8 Å². The van der Waals surface area contributed by atoms with Gasteiger partial charge in [-0.05, 0) is 44.1 Å². The molecule has 0 radical (unpaired) electrons. The molecule has 7 heteroatoms. The summed E-state index contributed by atoms with van der Waals surface area (Å²) in [6.45, 7) is 2.15. The topological polar surface area (TPSA) is 81.8 Å². The zero-order chi connectivity index (χ0) is 18.1. The predicted octanol–water partition coefficient (Wildman–Crippen LogP) is 1.78. The first-order valence-electron chi connectivity index (χ1n) is 10.3. The minimum absolute atomic E-state index is 0.257. The average Bonchev–Trinajstić information content (AvgIpc) is 2.86. The van der Waals surface area contributed by atoms with E-state index in [1.54, 1.807) is 0 Å². The number of nitrogens with one attached hydrogen (secondary N) is 2. The van der Waals surface area contributed by atoms with Gasteiger partial charge in [-0.25, -0.2) is 4.79 Å². The molecule has 144 valence electrons. The zero-order valence-electron chi connectivity index (χ0n) is 15.5. The van der Waals surface area contributed by atoms with Gasteiger partial charge in [0.25, 0.3) is 11.8 Å². The van der Waals surface area contributed by atoms with Crippen molar-refractivity contribution in [1.82, 2.24) is 20.7 Å². The van der Waals surface area contributed by atoms with Crippen LogP contribution in [0.4, 0.5) is 4.79 Å². The molecule has 4 amide bonds. The first-order valence-corrected chi connectivity index (χ1v) is 10.3. The molecule has 2 saturated carbocycles. The number of nitrogens with zero attached hydrogens (tertiary/aromatic N) is 2. The Balaban J connectivity index is 1.32. The summed E-state index contributed by atoms with van der Waals surface area (Å²) in [6, 6.07) is -0.490. The highest BCUT2D eigenvalue weighted by atomic mass is 16.2. The molecule has 4 rings (SSSR count). The molecule has 2 N–H and O–H groups in total. The zero-order valence-corrected chi connectivity index (χ0v) is 15.5. The molecule has 1 spiro atoms. The minimum atomic E-state index is -0.789. The lowest BCUT2D eigenvalue weighted by molar-refractivity contribution is -0.140. The van der Waals surface area contributed by atoms with E-state index in [1.165, 1.54) is 25.7 Å². The fourth-order valence-electron chi connectivity index (χ4n) is 5.40. The van der Waals surface area contributed by atoms with Gasteiger partial charge in [0, 0.05) is 6.54 Å². The summed E-state index contributed by atoms with van der Waals surface area (Å²) in [7, 11) is 0. The summed E-state index contributed by atoms with van der Waals surface area (Å²) in [6.07, 6.45) is 10.7. The van der Waals surface area contributed by atoms with Crippen LogP contribution in [0, 0.1) is 11.8 Å². The van der Waals surface area contributed by atoms with Gasteiger partial charge in [-0.15, -0.1) is 0 Å². The summed E-state index contributed by atoms with van der Waals surface area (Å²) < 4.78 is 0. The van der Waals surface area contributed by atoms with Gasteiger partial charge in [0.1, 0.15) is 5.54 Å². The molecule has 2 heterocycles. The number of hydrogen-bond acceptors (Lipinski definition) is 4. The van der Waals surface area contributed by atoms with Crippen molar-refractivity contribution in [3.63, 3.8) is 0 Å². The molecule has 0 aromatic heterocycles. The van der Waals surface area contributed by atoms with Gasteiger partial charge in [-0.3, -0.25) is 19.9 Å². The molecule has 0 unspecified atom stereocenters. The van der Waals surface area contributed by atoms with Gasteiger partial charge in [0.15, 0.2) is 0 Å². The summed E-state index contributed by atoms with van der Waals surface area (Å²) in [5.74, 6) is 0.963. The summed E-state index contributed by atoms with van der Waals surface area (Å²) >= 11 is 0. The molecule has 7 nitrogen and oxygen atoms in total. The minimum Gasteiger partial charge on any atom is -0.322 e. The first-order chi connectivity index (χ1) is 12.6. The Hall–Kier alpha value is -1.63. The van der Waals surface area contributed by atoms with E-state index in [2.05, 4.69) is 15.6 Å². The highest BCUT2D eigenvalue weighted by molar-refractivity contribution is 6.08. The fourth-order valence-corrected chi connectivity index (χ4v) is 5.40. The molecule has 4 aliphatic rings. The molecule has 0 aromatic carbocycles. The van der Waals surface area contributed by atoms with Crippen LogP contribution >= 0.6 is 0 Å². The third-order valence-corrected chi connectivity index (χ3v) is 6.85.